The maximum Gasteiger partial charge on any atom is 0.341 e. The summed E-state index contributed by atoms with van der Waals surface area (Å²) in [5.41, 5.74) is 1.47. The first-order chi connectivity index (χ1) is 18.0. The fraction of sp³-hybridized carbons (Fsp3) is 0.231. The van der Waals surface area contributed by atoms with Crippen LogP contribution in [0, 0.1) is 0 Å². The largest absolute Gasteiger partial charge is 0.479 e. The van der Waals surface area contributed by atoms with Gasteiger partial charge in [0, 0.05) is 5.02 Å². The molecule has 0 fully saturated rings. The first-order valence-electron chi connectivity index (χ1n) is 11.3. The van der Waals surface area contributed by atoms with Gasteiger partial charge in [-0.1, -0.05) is 58.3 Å². The van der Waals surface area contributed by atoms with Gasteiger partial charge in [-0.25, -0.2) is 14.6 Å². The van der Waals surface area contributed by atoms with E-state index >= 15 is 0 Å². The lowest BCUT2D eigenvalue weighted by molar-refractivity contribution is -0.143. The molecule has 38 heavy (non-hydrogen) atoms. The number of carboxylic acids is 1. The molecule has 1 aliphatic rings. The molecule has 1 atom stereocenters. The Morgan fingerprint density at radius 3 is 2.37 bits per heavy atom. The van der Waals surface area contributed by atoms with E-state index in [9.17, 15) is 14.4 Å². The molecule has 0 saturated carbocycles. The zero-order valence-corrected chi connectivity index (χ0v) is 23.4. The van der Waals surface area contributed by atoms with Crippen molar-refractivity contribution in [3.05, 3.63) is 93.6 Å². The Morgan fingerprint density at radius 2 is 1.79 bits per heavy atom. The number of carbonyl (C=O) groups is 2. The summed E-state index contributed by atoms with van der Waals surface area (Å²) in [5.74, 6) is -1.71. The van der Waals surface area contributed by atoms with Crippen molar-refractivity contribution in [2.45, 2.75) is 32.9 Å². The molecule has 0 radical (unpaired) electrons. The third-order valence-corrected chi connectivity index (χ3v) is 7.22. The van der Waals surface area contributed by atoms with E-state index in [1.165, 1.54) is 16.7 Å². The number of fused-ring (bicyclic) bond motifs is 1. The normalized spacial score (nSPS) is 15.3. The maximum atomic E-state index is 13.7. The van der Waals surface area contributed by atoms with Crippen LogP contribution in [0.5, 0.6) is 5.75 Å². The van der Waals surface area contributed by atoms with Crippen LogP contribution < -0.4 is 19.6 Å². The molecule has 1 aliphatic heterocycles. The average molecular weight is 596 g/mol. The molecule has 0 aliphatic carbocycles. The molecule has 8 nitrogen and oxygen atoms in total. The van der Waals surface area contributed by atoms with Gasteiger partial charge in [0.15, 0.2) is 17.2 Å². The number of halogens is 3. The molecule has 12 heteroatoms. The highest BCUT2D eigenvalue weighted by molar-refractivity contribution is 7.07. The Labute approximate surface area is 236 Å². The van der Waals surface area contributed by atoms with E-state index in [4.69, 9.17) is 49.4 Å². The highest BCUT2D eigenvalue weighted by Crippen LogP contribution is 2.35. The van der Waals surface area contributed by atoms with Crippen molar-refractivity contribution in [3.63, 3.8) is 0 Å². The van der Waals surface area contributed by atoms with Gasteiger partial charge < -0.3 is 14.6 Å². The number of aromatic nitrogens is 1. The number of hydrogen-bond acceptors (Lipinski definition) is 7. The third kappa shape index (κ3) is 5.81. The van der Waals surface area contributed by atoms with Crippen molar-refractivity contribution in [2.24, 2.45) is 4.99 Å². The Morgan fingerprint density at radius 1 is 1.16 bits per heavy atom. The number of carbonyl (C=O) groups excluding carboxylic acids is 1. The number of carboxylic acid groups (broad SMARTS) is 1. The van der Waals surface area contributed by atoms with Crippen LogP contribution in [0.1, 0.15) is 37.9 Å². The Balaban J connectivity index is 1.86. The van der Waals surface area contributed by atoms with Crippen molar-refractivity contribution < 1.29 is 24.2 Å². The van der Waals surface area contributed by atoms with Gasteiger partial charge in [-0.15, -0.1) is 0 Å². The molecule has 0 amide bonds. The summed E-state index contributed by atoms with van der Waals surface area (Å²) in [5, 5.41) is 9.54. The van der Waals surface area contributed by atoms with Crippen LogP contribution in [0.3, 0.4) is 0 Å². The van der Waals surface area contributed by atoms with Gasteiger partial charge >= 0.3 is 11.9 Å². The van der Waals surface area contributed by atoms with Gasteiger partial charge in [-0.2, -0.15) is 0 Å². The van der Waals surface area contributed by atoms with E-state index in [1.807, 2.05) is 0 Å². The highest BCUT2D eigenvalue weighted by atomic mass is 35.5. The Bertz CT molecular complexity index is 1620. The minimum atomic E-state index is -1.18. The first kappa shape index (κ1) is 27.9. The van der Waals surface area contributed by atoms with Crippen molar-refractivity contribution in [1.82, 2.24) is 4.57 Å². The predicted octanol–water partition coefficient (Wildman–Crippen LogP) is 4.61. The third-order valence-electron chi connectivity index (χ3n) is 5.43. The second-order valence-corrected chi connectivity index (χ2v) is 10.8. The summed E-state index contributed by atoms with van der Waals surface area (Å²) in [6.07, 6.45) is 1.22. The molecule has 0 bridgehead atoms. The van der Waals surface area contributed by atoms with Gasteiger partial charge in [0.25, 0.3) is 5.56 Å². The molecule has 0 spiro atoms. The average Bonchev–Trinajstić information content (AvgIpc) is 3.11. The molecule has 2 heterocycles. The van der Waals surface area contributed by atoms with Gasteiger partial charge in [-0.3, -0.25) is 9.36 Å². The molecule has 1 N–H and O–H groups in total. The molecule has 0 saturated heterocycles. The number of thiazole rings is 1. The van der Waals surface area contributed by atoms with Crippen molar-refractivity contribution >= 4 is 64.2 Å². The van der Waals surface area contributed by atoms with E-state index in [0.29, 0.717) is 31.2 Å². The molecule has 1 aromatic heterocycles. The number of nitrogens with zero attached hydrogens (tertiary/aromatic N) is 2. The number of allylic oxidation sites excluding steroid dienone is 1. The molecule has 198 valence electrons. The number of benzene rings is 2. The summed E-state index contributed by atoms with van der Waals surface area (Å²) in [7, 11) is 0. The van der Waals surface area contributed by atoms with Crippen molar-refractivity contribution in [2.75, 3.05) is 6.61 Å². The highest BCUT2D eigenvalue weighted by Gasteiger charge is 2.33. The Kier molecular flexibility index (Phi) is 8.32. The summed E-state index contributed by atoms with van der Waals surface area (Å²) in [6.45, 7) is 4.58. The van der Waals surface area contributed by atoms with Crippen LogP contribution in [0.25, 0.3) is 6.08 Å². The number of ether oxygens (including phenoxy) is 2. The van der Waals surface area contributed by atoms with Crippen LogP contribution in [0.2, 0.25) is 15.1 Å². The number of hydrogen-bond donors (Lipinski definition) is 1. The zero-order valence-electron chi connectivity index (χ0n) is 20.3. The molecular weight excluding hydrogens is 575 g/mol. The van der Waals surface area contributed by atoms with E-state index in [-0.39, 0.29) is 33.0 Å². The minimum Gasteiger partial charge on any atom is -0.479 e. The van der Waals surface area contributed by atoms with Crippen LogP contribution in [-0.2, 0) is 14.3 Å². The second-order valence-electron chi connectivity index (χ2n) is 8.58. The smallest absolute Gasteiger partial charge is 0.341 e. The number of esters is 1. The van der Waals surface area contributed by atoms with Crippen LogP contribution in [0.15, 0.2) is 57.5 Å². The van der Waals surface area contributed by atoms with E-state index in [0.717, 1.165) is 11.3 Å². The second kappa shape index (κ2) is 11.3. The summed E-state index contributed by atoms with van der Waals surface area (Å²) in [6, 6.07) is 9.11. The fourth-order valence-electron chi connectivity index (χ4n) is 3.91. The number of aliphatic carboxylic acids is 1. The van der Waals surface area contributed by atoms with Gasteiger partial charge in [0.05, 0.1) is 38.0 Å². The molecule has 3 aromatic rings. The number of rotatable bonds is 7. The molecule has 4 rings (SSSR count). The molecular formula is C26H21Cl3N2O6S. The maximum absolute atomic E-state index is 13.7. The van der Waals surface area contributed by atoms with E-state index in [2.05, 4.69) is 4.99 Å². The van der Waals surface area contributed by atoms with Gasteiger partial charge in [-0.05, 0) is 62.2 Å². The fourth-order valence-corrected chi connectivity index (χ4v) is 5.69. The molecule has 1 unspecified atom stereocenters. The lowest BCUT2D eigenvalue weighted by Crippen LogP contribution is -2.40. The quantitative estimate of drug-likeness (QED) is 0.400. The van der Waals surface area contributed by atoms with E-state index in [1.54, 1.807) is 51.1 Å². The Hall–Kier alpha value is -3.11. The van der Waals surface area contributed by atoms with E-state index < -0.39 is 24.6 Å². The lowest BCUT2D eigenvalue weighted by atomic mass is 9.96. The first-order valence-corrected chi connectivity index (χ1v) is 13.2. The lowest BCUT2D eigenvalue weighted by Gasteiger charge is -2.25. The van der Waals surface area contributed by atoms with Crippen LogP contribution in [-0.4, -0.2) is 34.3 Å². The summed E-state index contributed by atoms with van der Waals surface area (Å²) >= 11 is 19.8. The zero-order chi connectivity index (χ0) is 27.7. The van der Waals surface area contributed by atoms with Crippen molar-refractivity contribution in [1.29, 1.82) is 0 Å². The topological polar surface area (TPSA) is 107 Å². The van der Waals surface area contributed by atoms with Crippen LogP contribution >= 0.6 is 46.1 Å². The van der Waals surface area contributed by atoms with Gasteiger partial charge in [0.2, 0.25) is 0 Å². The standard InChI is InChI=1S/C26H21Cl3N2O6S/c1-12(2)37-25(35)21-13(3)30-26-31(22(21)15-4-6-16(27)7-5-15)24(34)19(38-26)10-14-8-17(28)23(18(29)9-14)36-11-20(32)33/h4-10,12,22H,11H2,1-3H3,(H,32,33)/b19-10+. The summed E-state index contributed by atoms with van der Waals surface area (Å²) in [4.78, 5) is 42.6. The summed E-state index contributed by atoms with van der Waals surface area (Å²) < 4.78 is 12.4. The van der Waals surface area contributed by atoms with Crippen molar-refractivity contribution in [3.8, 4) is 5.75 Å². The SMILES string of the molecule is CC1=C(C(=O)OC(C)C)C(c2ccc(Cl)cc2)n2c(s/c(=C/c3cc(Cl)c(OCC(=O)O)c(Cl)c3)c2=O)=N1. The molecule has 2 aromatic carbocycles. The minimum absolute atomic E-state index is 0.0287. The van der Waals surface area contributed by atoms with Crippen LogP contribution in [0.4, 0.5) is 0 Å². The van der Waals surface area contributed by atoms with Gasteiger partial charge in [0.1, 0.15) is 0 Å². The monoisotopic (exact) mass is 594 g/mol. The predicted molar refractivity (Wildman–Crippen MR) is 146 cm³/mol.